The van der Waals surface area contributed by atoms with Crippen molar-refractivity contribution in [3.63, 3.8) is 0 Å². The zero-order valence-corrected chi connectivity index (χ0v) is 9.93. The Hall–Kier alpha value is -0.600. The van der Waals surface area contributed by atoms with Crippen LogP contribution in [-0.4, -0.2) is 22.4 Å². The smallest absolute Gasteiger partial charge is 0.102 e. The zero-order chi connectivity index (χ0) is 11.6. The van der Waals surface area contributed by atoms with Gasteiger partial charge in [0.2, 0.25) is 0 Å². The molecule has 0 aliphatic heterocycles. The lowest BCUT2D eigenvalue weighted by Crippen LogP contribution is -2.27. The summed E-state index contributed by atoms with van der Waals surface area (Å²) in [5, 5.41) is 20.1. The molecule has 0 bridgehead atoms. The van der Waals surface area contributed by atoms with Crippen LogP contribution in [0.2, 0.25) is 0 Å². The van der Waals surface area contributed by atoms with Crippen LogP contribution in [-0.2, 0) is 0 Å². The second-order valence-electron chi connectivity index (χ2n) is 5.85. The Labute approximate surface area is 96.7 Å². The molecule has 7 atom stereocenters. The monoisotopic (exact) mass is 220 g/mol. The van der Waals surface area contributed by atoms with Crippen LogP contribution in [0.4, 0.5) is 0 Å². The van der Waals surface area contributed by atoms with Crippen molar-refractivity contribution in [3.05, 3.63) is 23.8 Å². The summed E-state index contributed by atoms with van der Waals surface area (Å²) in [6.45, 7) is 8.39. The number of aliphatic hydroxyl groups excluding tert-OH is 2. The molecule has 0 heterocycles. The third-order valence-corrected chi connectivity index (χ3v) is 5.17. The minimum atomic E-state index is -0.718. The molecule has 7 unspecified atom stereocenters. The highest BCUT2D eigenvalue weighted by molar-refractivity contribution is 5.32. The summed E-state index contributed by atoms with van der Waals surface area (Å²) in [4.78, 5) is 0. The van der Waals surface area contributed by atoms with Gasteiger partial charge in [-0.2, -0.15) is 0 Å². The van der Waals surface area contributed by atoms with Crippen molar-refractivity contribution in [1.82, 2.24) is 0 Å². The molecule has 3 aliphatic carbocycles. The SMILES string of the molecule is C=C1C(O)C(O)C2C(C)=CCC3C(C)C3C12. The fourth-order valence-corrected chi connectivity index (χ4v) is 4.10. The molecule has 88 valence electrons. The van der Waals surface area contributed by atoms with Crippen LogP contribution in [0.15, 0.2) is 23.8 Å². The molecule has 3 aliphatic rings. The molecular weight excluding hydrogens is 200 g/mol. The Kier molecular flexibility index (Phi) is 2.11. The van der Waals surface area contributed by atoms with Gasteiger partial charge in [0.1, 0.15) is 6.10 Å². The molecule has 2 saturated carbocycles. The van der Waals surface area contributed by atoms with E-state index in [4.69, 9.17) is 0 Å². The fourth-order valence-electron chi connectivity index (χ4n) is 4.10. The quantitative estimate of drug-likeness (QED) is 0.610. The maximum Gasteiger partial charge on any atom is 0.102 e. The summed E-state index contributed by atoms with van der Waals surface area (Å²) in [7, 11) is 0. The van der Waals surface area contributed by atoms with E-state index >= 15 is 0 Å². The predicted molar refractivity (Wildman–Crippen MR) is 62.7 cm³/mol. The summed E-state index contributed by atoms with van der Waals surface area (Å²) in [6, 6.07) is 0. The van der Waals surface area contributed by atoms with Gasteiger partial charge < -0.3 is 10.2 Å². The molecule has 16 heavy (non-hydrogen) atoms. The van der Waals surface area contributed by atoms with Crippen molar-refractivity contribution in [2.45, 2.75) is 32.5 Å². The molecule has 0 radical (unpaired) electrons. The van der Waals surface area contributed by atoms with E-state index in [-0.39, 0.29) is 5.92 Å². The van der Waals surface area contributed by atoms with Crippen molar-refractivity contribution in [1.29, 1.82) is 0 Å². The molecule has 0 aromatic carbocycles. The first-order valence-corrected chi connectivity index (χ1v) is 6.25. The normalized spacial score (nSPS) is 55.1. The van der Waals surface area contributed by atoms with Gasteiger partial charge in [0.15, 0.2) is 0 Å². The summed E-state index contributed by atoms with van der Waals surface area (Å²) in [6.07, 6.45) is 2.05. The van der Waals surface area contributed by atoms with Gasteiger partial charge in [0.25, 0.3) is 0 Å². The van der Waals surface area contributed by atoms with Crippen LogP contribution in [0.1, 0.15) is 20.3 Å². The third kappa shape index (κ3) is 1.15. The van der Waals surface area contributed by atoms with Crippen LogP contribution in [0.25, 0.3) is 0 Å². The van der Waals surface area contributed by atoms with Crippen molar-refractivity contribution >= 4 is 0 Å². The molecule has 0 saturated heterocycles. The van der Waals surface area contributed by atoms with Crippen LogP contribution in [0, 0.1) is 29.6 Å². The molecule has 2 fully saturated rings. The highest BCUT2D eigenvalue weighted by atomic mass is 16.3. The van der Waals surface area contributed by atoms with E-state index in [9.17, 15) is 10.2 Å². The van der Waals surface area contributed by atoms with Gasteiger partial charge in [-0.25, -0.2) is 0 Å². The Bertz CT molecular complexity index is 371. The number of allylic oxidation sites excluding steroid dienone is 1. The molecule has 3 rings (SSSR count). The Balaban J connectivity index is 2.02. The molecule has 0 aromatic rings. The lowest BCUT2D eigenvalue weighted by molar-refractivity contribution is 0.0367. The van der Waals surface area contributed by atoms with Gasteiger partial charge in [0.05, 0.1) is 6.10 Å². The van der Waals surface area contributed by atoms with Crippen LogP contribution in [0.3, 0.4) is 0 Å². The number of hydrogen-bond acceptors (Lipinski definition) is 2. The topological polar surface area (TPSA) is 40.5 Å². The molecule has 0 aromatic heterocycles. The van der Waals surface area contributed by atoms with Crippen LogP contribution < -0.4 is 0 Å². The van der Waals surface area contributed by atoms with E-state index in [1.54, 1.807) is 0 Å². The van der Waals surface area contributed by atoms with E-state index in [0.29, 0.717) is 11.8 Å². The summed E-state index contributed by atoms with van der Waals surface area (Å²) >= 11 is 0. The number of aliphatic hydroxyl groups is 2. The van der Waals surface area contributed by atoms with Gasteiger partial charge in [-0.3, -0.25) is 0 Å². The van der Waals surface area contributed by atoms with Crippen molar-refractivity contribution in [2.24, 2.45) is 29.6 Å². The second kappa shape index (κ2) is 3.21. The van der Waals surface area contributed by atoms with E-state index in [2.05, 4.69) is 26.5 Å². The summed E-state index contributed by atoms with van der Waals surface area (Å²) < 4.78 is 0. The molecule has 0 spiro atoms. The first kappa shape index (κ1) is 10.5. The van der Waals surface area contributed by atoms with Crippen LogP contribution in [0.5, 0.6) is 0 Å². The first-order chi connectivity index (χ1) is 7.54. The predicted octanol–water partition coefficient (Wildman–Crippen LogP) is 1.74. The lowest BCUT2D eigenvalue weighted by atomic mass is 9.83. The van der Waals surface area contributed by atoms with Crippen molar-refractivity contribution in [2.75, 3.05) is 0 Å². The van der Waals surface area contributed by atoms with E-state index < -0.39 is 12.2 Å². The third-order valence-electron chi connectivity index (χ3n) is 5.17. The molecule has 2 N–H and O–H groups in total. The van der Waals surface area contributed by atoms with Gasteiger partial charge in [-0.1, -0.05) is 25.2 Å². The van der Waals surface area contributed by atoms with Gasteiger partial charge >= 0.3 is 0 Å². The molecule has 2 heteroatoms. The Morgan fingerprint density at radius 2 is 2.00 bits per heavy atom. The lowest BCUT2D eigenvalue weighted by Gasteiger charge is -2.22. The number of hydrogen-bond donors (Lipinski definition) is 2. The highest BCUT2D eigenvalue weighted by Crippen LogP contribution is 2.62. The van der Waals surface area contributed by atoms with E-state index in [0.717, 1.165) is 23.8 Å². The Morgan fingerprint density at radius 1 is 1.31 bits per heavy atom. The number of fused-ring (bicyclic) bond motifs is 3. The maximum atomic E-state index is 10.1. The minimum Gasteiger partial charge on any atom is -0.389 e. The minimum absolute atomic E-state index is 0.113. The highest BCUT2D eigenvalue weighted by Gasteiger charge is 2.59. The van der Waals surface area contributed by atoms with Crippen LogP contribution >= 0.6 is 0 Å². The van der Waals surface area contributed by atoms with Gasteiger partial charge in [-0.05, 0) is 42.6 Å². The largest absolute Gasteiger partial charge is 0.389 e. The molecule has 2 nitrogen and oxygen atoms in total. The van der Waals surface area contributed by atoms with Gasteiger partial charge in [-0.15, -0.1) is 0 Å². The van der Waals surface area contributed by atoms with E-state index in [1.807, 2.05) is 0 Å². The maximum absolute atomic E-state index is 10.1. The average molecular weight is 220 g/mol. The first-order valence-electron chi connectivity index (χ1n) is 6.25. The van der Waals surface area contributed by atoms with E-state index in [1.165, 1.54) is 5.57 Å². The number of rotatable bonds is 0. The standard InChI is InChI=1S/C14H20O2/c1-6-4-5-9-7(2)11(9)12-8(3)13(15)14(16)10(6)12/h4,7,9-16H,3,5H2,1-2H3. The van der Waals surface area contributed by atoms with Gasteiger partial charge in [0, 0.05) is 5.92 Å². The zero-order valence-electron chi connectivity index (χ0n) is 9.93. The Morgan fingerprint density at radius 3 is 2.69 bits per heavy atom. The summed E-state index contributed by atoms with van der Waals surface area (Å²) in [5.41, 5.74) is 2.11. The average Bonchev–Trinajstić information content (AvgIpc) is 2.87. The molecular formula is C14H20O2. The summed E-state index contributed by atoms with van der Waals surface area (Å²) in [5.74, 6) is 2.54. The van der Waals surface area contributed by atoms with Crippen molar-refractivity contribution in [3.8, 4) is 0 Å². The van der Waals surface area contributed by atoms with Crippen molar-refractivity contribution < 1.29 is 10.2 Å². The second-order valence-corrected chi connectivity index (χ2v) is 5.85. The molecule has 0 amide bonds. The fraction of sp³-hybridized carbons (Fsp3) is 0.714.